The minimum Gasteiger partial charge on any atom is -0.475 e. The third kappa shape index (κ3) is 7.89. The van der Waals surface area contributed by atoms with Gasteiger partial charge in [-0.3, -0.25) is 0 Å². The molecule has 15 heteroatoms. The highest BCUT2D eigenvalue weighted by Gasteiger charge is 2.38. The van der Waals surface area contributed by atoms with E-state index in [4.69, 9.17) is 14.6 Å². The van der Waals surface area contributed by atoms with Gasteiger partial charge >= 0.3 is 24.5 Å². The van der Waals surface area contributed by atoms with Gasteiger partial charge in [0.15, 0.2) is 5.82 Å². The molecule has 36 heavy (non-hydrogen) atoms. The predicted octanol–water partition coefficient (Wildman–Crippen LogP) is 5.07. The number of nitrogens with zero attached hydrogens (tertiary/aromatic N) is 2. The van der Waals surface area contributed by atoms with E-state index in [1.807, 2.05) is 0 Å². The molecule has 0 aliphatic heterocycles. The van der Waals surface area contributed by atoms with Crippen molar-refractivity contribution < 1.29 is 50.5 Å². The molecule has 192 valence electrons. The first kappa shape index (κ1) is 26.3. The van der Waals surface area contributed by atoms with Crippen molar-refractivity contribution in [3.63, 3.8) is 0 Å². The van der Waals surface area contributed by atoms with Crippen molar-refractivity contribution in [2.75, 3.05) is 5.32 Å². The quantitative estimate of drug-likeness (QED) is 0.305. The first-order valence-corrected chi connectivity index (χ1v) is 9.97. The molecular formula is C21H16F6N4O5. The number of aromatic amines is 1. The van der Waals surface area contributed by atoms with Gasteiger partial charge in [0, 0.05) is 5.69 Å². The van der Waals surface area contributed by atoms with Gasteiger partial charge in [0.2, 0.25) is 5.69 Å². The summed E-state index contributed by atoms with van der Waals surface area (Å²) in [5.41, 5.74) is 2.24. The zero-order valence-electron chi connectivity index (χ0n) is 17.9. The van der Waals surface area contributed by atoms with Gasteiger partial charge in [-0.2, -0.15) is 18.4 Å². The van der Waals surface area contributed by atoms with E-state index >= 15 is 0 Å². The molecule has 1 fully saturated rings. The summed E-state index contributed by atoms with van der Waals surface area (Å²) in [4.78, 5) is 21.0. The largest absolute Gasteiger partial charge is 0.573 e. The number of halogens is 6. The Morgan fingerprint density at radius 1 is 0.917 bits per heavy atom. The lowest BCUT2D eigenvalue weighted by atomic mass is 10.1. The highest BCUT2D eigenvalue weighted by molar-refractivity contribution is 5.93. The summed E-state index contributed by atoms with van der Waals surface area (Å²) in [5.74, 6) is -3.33. The minimum atomic E-state index is -5.08. The van der Waals surface area contributed by atoms with E-state index in [2.05, 4.69) is 25.5 Å². The number of aliphatic carboxylic acids is 1. The second-order valence-electron chi connectivity index (χ2n) is 7.20. The van der Waals surface area contributed by atoms with Crippen molar-refractivity contribution in [3.05, 3.63) is 54.2 Å². The van der Waals surface area contributed by atoms with Crippen LogP contribution in [0, 0.1) is 0 Å². The number of carboxylic acids is 1. The van der Waals surface area contributed by atoms with Crippen LogP contribution in [-0.4, -0.2) is 51.1 Å². The molecule has 1 aliphatic carbocycles. The van der Waals surface area contributed by atoms with Gasteiger partial charge in [-0.15, -0.1) is 23.4 Å². The lowest BCUT2D eigenvalue weighted by Crippen LogP contribution is -2.21. The van der Waals surface area contributed by atoms with Crippen molar-refractivity contribution >= 4 is 23.4 Å². The summed E-state index contributed by atoms with van der Waals surface area (Å²) >= 11 is 0. The molecule has 0 atom stereocenters. The number of alkyl halides is 6. The van der Waals surface area contributed by atoms with Gasteiger partial charge in [-0.1, -0.05) is 24.3 Å². The average Bonchev–Trinajstić information content (AvgIpc) is 3.48. The number of nitrogens with one attached hydrogen (secondary N) is 2. The van der Waals surface area contributed by atoms with Crippen LogP contribution in [0.25, 0.3) is 11.1 Å². The molecule has 0 saturated heterocycles. The first-order chi connectivity index (χ1) is 16.8. The van der Waals surface area contributed by atoms with Crippen molar-refractivity contribution in [1.29, 1.82) is 0 Å². The number of aromatic nitrogens is 3. The topological polar surface area (TPSA) is 126 Å². The molecule has 4 rings (SSSR count). The third-order valence-corrected chi connectivity index (χ3v) is 4.35. The number of benzene rings is 2. The summed E-state index contributed by atoms with van der Waals surface area (Å²) in [6, 6.07) is 12.6. The van der Waals surface area contributed by atoms with Crippen molar-refractivity contribution in [3.8, 4) is 16.9 Å². The average molecular weight is 518 g/mol. The summed E-state index contributed by atoms with van der Waals surface area (Å²) in [6.45, 7) is 0. The fourth-order valence-corrected chi connectivity index (χ4v) is 2.59. The van der Waals surface area contributed by atoms with Gasteiger partial charge in [0.1, 0.15) is 11.9 Å². The second kappa shape index (κ2) is 10.5. The van der Waals surface area contributed by atoms with Gasteiger partial charge in [0.05, 0.1) is 0 Å². The Balaban J connectivity index is 0.000000454. The Hall–Kier alpha value is -4.30. The minimum absolute atomic E-state index is 0.0424. The van der Waals surface area contributed by atoms with Crippen LogP contribution in [0.15, 0.2) is 48.5 Å². The van der Waals surface area contributed by atoms with Crippen LogP contribution < -0.4 is 10.1 Å². The molecule has 1 aromatic heterocycles. The van der Waals surface area contributed by atoms with E-state index in [-0.39, 0.29) is 23.4 Å². The number of carbonyl (C=O) groups is 2. The number of esters is 1. The van der Waals surface area contributed by atoms with Gasteiger partial charge < -0.3 is 19.9 Å². The summed E-state index contributed by atoms with van der Waals surface area (Å²) in [6.07, 6.45) is -8.13. The molecule has 0 bridgehead atoms. The van der Waals surface area contributed by atoms with E-state index in [1.54, 1.807) is 24.3 Å². The van der Waals surface area contributed by atoms with E-state index in [0.29, 0.717) is 5.69 Å². The molecule has 1 aliphatic rings. The Morgan fingerprint density at radius 3 is 1.92 bits per heavy atom. The summed E-state index contributed by atoms with van der Waals surface area (Å²) in [7, 11) is 0. The highest BCUT2D eigenvalue weighted by Crippen LogP contribution is 2.29. The zero-order chi connectivity index (χ0) is 26.5. The zero-order valence-corrected chi connectivity index (χ0v) is 17.9. The fraction of sp³-hybridized carbons (Fsp3) is 0.238. The maximum Gasteiger partial charge on any atom is 0.573 e. The molecule has 0 unspecified atom stereocenters. The molecule has 3 aromatic rings. The van der Waals surface area contributed by atoms with Gasteiger partial charge in [-0.25, -0.2) is 9.59 Å². The first-order valence-electron chi connectivity index (χ1n) is 9.97. The number of hydrogen-bond acceptors (Lipinski definition) is 7. The lowest BCUT2D eigenvalue weighted by Gasteiger charge is -2.10. The normalized spacial score (nSPS) is 13.3. The van der Waals surface area contributed by atoms with Crippen LogP contribution in [-0.2, 0) is 9.53 Å². The fourth-order valence-electron chi connectivity index (χ4n) is 2.59. The Bertz CT molecular complexity index is 1190. The molecule has 0 spiro atoms. The standard InChI is InChI=1S/C19H15F3N4O3.C2HF3O2/c20-19(21,22)29-15-7-3-12(4-8-15)11-1-5-13(6-2-11)23-17-16(24-26-25-17)18(27)28-14-9-10-14;3-2(4,5)1(6)7/h1-8,14H,9-10H2,(H2,23,24,25,26);(H,6,7). The number of H-pyrrole nitrogens is 1. The monoisotopic (exact) mass is 518 g/mol. The molecule has 3 N–H and O–H groups in total. The van der Waals surface area contributed by atoms with Crippen molar-refractivity contribution in [2.45, 2.75) is 31.5 Å². The highest BCUT2D eigenvalue weighted by atomic mass is 19.4. The number of carboxylic acid groups (broad SMARTS) is 1. The van der Waals surface area contributed by atoms with Crippen LogP contribution in [0.1, 0.15) is 23.3 Å². The number of anilines is 2. The van der Waals surface area contributed by atoms with E-state index < -0.39 is 24.5 Å². The van der Waals surface area contributed by atoms with Crippen LogP contribution in [0.2, 0.25) is 0 Å². The molecule has 1 saturated carbocycles. The summed E-state index contributed by atoms with van der Waals surface area (Å²) < 4.78 is 77.5. The van der Waals surface area contributed by atoms with Crippen LogP contribution in [0.3, 0.4) is 0 Å². The second-order valence-corrected chi connectivity index (χ2v) is 7.20. The number of ether oxygens (including phenoxy) is 2. The molecule has 2 aromatic carbocycles. The van der Waals surface area contributed by atoms with Gasteiger partial charge in [0.25, 0.3) is 0 Å². The smallest absolute Gasteiger partial charge is 0.475 e. The maximum atomic E-state index is 12.2. The number of hydrogen-bond donors (Lipinski definition) is 3. The number of rotatable bonds is 6. The van der Waals surface area contributed by atoms with E-state index in [0.717, 1.165) is 24.0 Å². The molecule has 0 radical (unpaired) electrons. The van der Waals surface area contributed by atoms with Gasteiger partial charge in [-0.05, 0) is 48.2 Å². The predicted molar refractivity (Wildman–Crippen MR) is 110 cm³/mol. The van der Waals surface area contributed by atoms with E-state index in [1.165, 1.54) is 24.3 Å². The maximum absolute atomic E-state index is 12.2. The van der Waals surface area contributed by atoms with E-state index in [9.17, 15) is 31.1 Å². The molecule has 0 amide bonds. The van der Waals surface area contributed by atoms with Crippen LogP contribution >= 0.6 is 0 Å². The molecular weight excluding hydrogens is 502 g/mol. The van der Waals surface area contributed by atoms with Crippen LogP contribution in [0.4, 0.5) is 37.8 Å². The van der Waals surface area contributed by atoms with Crippen LogP contribution in [0.5, 0.6) is 5.75 Å². The van der Waals surface area contributed by atoms with Crippen molar-refractivity contribution in [1.82, 2.24) is 15.4 Å². The molecule has 9 nitrogen and oxygen atoms in total. The summed E-state index contributed by atoms with van der Waals surface area (Å²) in [5, 5.41) is 20.3. The Morgan fingerprint density at radius 2 is 1.44 bits per heavy atom. The lowest BCUT2D eigenvalue weighted by molar-refractivity contribution is -0.274. The third-order valence-electron chi connectivity index (χ3n) is 4.35. The number of carbonyl (C=O) groups excluding carboxylic acids is 1. The molecule has 1 heterocycles. The SMILES string of the molecule is O=C(O)C(F)(F)F.O=C(OC1CC1)c1n[nH]nc1Nc1ccc(-c2ccc(OC(F)(F)F)cc2)cc1. The Kier molecular flexibility index (Phi) is 7.70. The Labute approximate surface area is 198 Å². The van der Waals surface area contributed by atoms with Crippen molar-refractivity contribution in [2.24, 2.45) is 0 Å².